The van der Waals surface area contributed by atoms with Gasteiger partial charge in [-0.05, 0) is 35.9 Å². The second-order valence-electron chi connectivity index (χ2n) is 5.76. The molecule has 6 heteroatoms. The third-order valence-corrected chi connectivity index (χ3v) is 4.14. The fourth-order valence-electron chi connectivity index (χ4n) is 2.76. The zero-order valence-electron chi connectivity index (χ0n) is 12.8. The molecule has 1 fully saturated rings. The summed E-state index contributed by atoms with van der Waals surface area (Å²) in [6, 6.07) is 12.7. The zero-order chi connectivity index (χ0) is 17.1. The average molecular weight is 347 g/mol. The summed E-state index contributed by atoms with van der Waals surface area (Å²) in [7, 11) is 0. The molecule has 1 N–H and O–H groups in total. The van der Waals surface area contributed by atoms with Crippen molar-refractivity contribution in [3.63, 3.8) is 0 Å². The van der Waals surface area contributed by atoms with E-state index in [1.54, 1.807) is 36.4 Å². The highest BCUT2D eigenvalue weighted by atomic mass is 35.5. The number of amides is 2. The number of carbonyl (C=O) groups excluding carboxylic acids is 2. The van der Waals surface area contributed by atoms with E-state index in [4.69, 9.17) is 11.6 Å². The molecule has 0 unspecified atom stereocenters. The molecule has 0 radical (unpaired) electrons. The van der Waals surface area contributed by atoms with Crippen molar-refractivity contribution in [1.29, 1.82) is 0 Å². The summed E-state index contributed by atoms with van der Waals surface area (Å²) in [6.07, 6.45) is 0.435. The second kappa shape index (κ2) is 7.01. The molecule has 2 aromatic rings. The predicted octanol–water partition coefficient (Wildman–Crippen LogP) is 2.94. The highest BCUT2D eigenvalue weighted by molar-refractivity contribution is 6.30. The minimum absolute atomic E-state index is 0.127. The first kappa shape index (κ1) is 16.5. The molecule has 4 nitrogen and oxygen atoms in total. The van der Waals surface area contributed by atoms with Crippen LogP contribution in [0, 0.1) is 5.82 Å². The van der Waals surface area contributed by atoms with Crippen LogP contribution in [0.5, 0.6) is 0 Å². The van der Waals surface area contributed by atoms with Crippen LogP contribution in [0.4, 0.5) is 10.1 Å². The number of benzene rings is 2. The molecule has 124 valence electrons. The van der Waals surface area contributed by atoms with Crippen LogP contribution >= 0.6 is 11.6 Å². The highest BCUT2D eigenvalue weighted by Gasteiger charge is 2.31. The molecule has 1 heterocycles. The standard InChI is InChI=1S/C18H16ClFN2O2/c19-13-6-4-12(5-7-13)8-17(23)21-15-10-18(24)22(11-15)16-3-1-2-14(20)9-16/h1-7,9,15H,8,10-11H2,(H,21,23)/t15-/m0/s1. The van der Waals surface area contributed by atoms with Gasteiger partial charge >= 0.3 is 0 Å². The van der Waals surface area contributed by atoms with Crippen LogP contribution in [0.25, 0.3) is 0 Å². The second-order valence-corrected chi connectivity index (χ2v) is 6.19. The Morgan fingerprint density at radius 2 is 2.00 bits per heavy atom. The molecule has 1 aliphatic heterocycles. The Morgan fingerprint density at radius 3 is 2.71 bits per heavy atom. The molecule has 0 bridgehead atoms. The summed E-state index contributed by atoms with van der Waals surface area (Å²) in [6.45, 7) is 0.342. The van der Waals surface area contributed by atoms with Gasteiger partial charge in [-0.15, -0.1) is 0 Å². The van der Waals surface area contributed by atoms with Crippen LogP contribution in [0.1, 0.15) is 12.0 Å². The lowest BCUT2D eigenvalue weighted by molar-refractivity contribution is -0.121. The molecule has 2 amide bonds. The van der Waals surface area contributed by atoms with E-state index in [0.717, 1.165) is 5.56 Å². The molecular formula is C18H16ClFN2O2. The summed E-state index contributed by atoms with van der Waals surface area (Å²) in [5.41, 5.74) is 1.36. The SMILES string of the molecule is O=C(Cc1ccc(Cl)cc1)N[C@H]1CC(=O)N(c2cccc(F)c2)C1. The van der Waals surface area contributed by atoms with Crippen molar-refractivity contribution in [2.75, 3.05) is 11.4 Å². The van der Waals surface area contributed by atoms with Gasteiger partial charge in [0, 0.05) is 23.7 Å². The van der Waals surface area contributed by atoms with E-state index in [9.17, 15) is 14.0 Å². The molecule has 3 rings (SSSR count). The number of hydrogen-bond donors (Lipinski definition) is 1. The van der Waals surface area contributed by atoms with Gasteiger partial charge in [-0.2, -0.15) is 0 Å². The Balaban J connectivity index is 1.59. The quantitative estimate of drug-likeness (QED) is 0.925. The van der Waals surface area contributed by atoms with Crippen molar-refractivity contribution < 1.29 is 14.0 Å². The normalized spacial score (nSPS) is 17.2. The number of nitrogens with zero attached hydrogens (tertiary/aromatic N) is 1. The number of nitrogens with one attached hydrogen (secondary N) is 1. The maximum absolute atomic E-state index is 13.3. The summed E-state index contributed by atoms with van der Waals surface area (Å²) in [5, 5.41) is 3.48. The molecule has 1 atom stereocenters. The van der Waals surface area contributed by atoms with E-state index >= 15 is 0 Å². The van der Waals surface area contributed by atoms with Gasteiger partial charge in [-0.3, -0.25) is 9.59 Å². The predicted molar refractivity (Wildman–Crippen MR) is 90.5 cm³/mol. The molecular weight excluding hydrogens is 331 g/mol. The first-order valence-electron chi connectivity index (χ1n) is 7.61. The van der Waals surface area contributed by atoms with Crippen molar-refractivity contribution in [1.82, 2.24) is 5.32 Å². The molecule has 0 aliphatic carbocycles. The fourth-order valence-corrected chi connectivity index (χ4v) is 2.89. The minimum Gasteiger partial charge on any atom is -0.351 e. The summed E-state index contributed by atoms with van der Waals surface area (Å²) in [4.78, 5) is 25.7. The summed E-state index contributed by atoms with van der Waals surface area (Å²) < 4.78 is 13.3. The number of rotatable bonds is 4. The van der Waals surface area contributed by atoms with Crippen LogP contribution in [0.2, 0.25) is 5.02 Å². The van der Waals surface area contributed by atoms with Gasteiger partial charge in [0.15, 0.2) is 0 Å². The van der Waals surface area contributed by atoms with E-state index in [-0.39, 0.29) is 30.7 Å². The lowest BCUT2D eigenvalue weighted by Gasteiger charge is -2.17. The number of anilines is 1. The van der Waals surface area contributed by atoms with E-state index in [1.165, 1.54) is 17.0 Å². The van der Waals surface area contributed by atoms with Crippen LogP contribution in [-0.4, -0.2) is 24.4 Å². The maximum atomic E-state index is 13.3. The monoisotopic (exact) mass is 346 g/mol. The fraction of sp³-hybridized carbons (Fsp3) is 0.222. The van der Waals surface area contributed by atoms with Crippen molar-refractivity contribution in [2.24, 2.45) is 0 Å². The summed E-state index contributed by atoms with van der Waals surface area (Å²) in [5.74, 6) is -0.677. The molecule has 0 saturated carbocycles. The molecule has 1 saturated heterocycles. The van der Waals surface area contributed by atoms with Crippen LogP contribution in [0.15, 0.2) is 48.5 Å². The van der Waals surface area contributed by atoms with Crippen molar-refractivity contribution in [3.05, 3.63) is 64.9 Å². The lowest BCUT2D eigenvalue weighted by atomic mass is 10.1. The number of carbonyl (C=O) groups is 2. The Labute approximate surface area is 144 Å². The Kier molecular flexibility index (Phi) is 4.81. The minimum atomic E-state index is -0.393. The number of halogens is 2. The van der Waals surface area contributed by atoms with Gasteiger partial charge in [-0.1, -0.05) is 29.8 Å². The third kappa shape index (κ3) is 3.92. The lowest BCUT2D eigenvalue weighted by Crippen LogP contribution is -2.38. The summed E-state index contributed by atoms with van der Waals surface area (Å²) >= 11 is 5.82. The average Bonchev–Trinajstić information content (AvgIpc) is 2.90. The molecule has 1 aliphatic rings. The maximum Gasteiger partial charge on any atom is 0.229 e. The van der Waals surface area contributed by atoms with Crippen molar-refractivity contribution in [3.8, 4) is 0 Å². The molecule has 24 heavy (non-hydrogen) atoms. The van der Waals surface area contributed by atoms with Crippen molar-refractivity contribution in [2.45, 2.75) is 18.9 Å². The van der Waals surface area contributed by atoms with Gasteiger partial charge in [0.05, 0.1) is 12.5 Å². The van der Waals surface area contributed by atoms with E-state index < -0.39 is 5.82 Å². The van der Waals surface area contributed by atoms with Crippen molar-refractivity contribution >= 4 is 29.1 Å². The van der Waals surface area contributed by atoms with Gasteiger partial charge in [0.2, 0.25) is 11.8 Å². The Bertz CT molecular complexity index is 764. The van der Waals surface area contributed by atoms with Gasteiger partial charge < -0.3 is 10.2 Å². The topological polar surface area (TPSA) is 49.4 Å². The van der Waals surface area contributed by atoms with E-state index in [1.807, 2.05) is 0 Å². The van der Waals surface area contributed by atoms with Crippen LogP contribution < -0.4 is 10.2 Å². The molecule has 2 aromatic carbocycles. The molecule has 0 spiro atoms. The Hall–Kier alpha value is -2.40. The van der Waals surface area contributed by atoms with Crippen LogP contribution in [0.3, 0.4) is 0 Å². The van der Waals surface area contributed by atoms with Gasteiger partial charge in [-0.25, -0.2) is 4.39 Å². The van der Waals surface area contributed by atoms with Crippen LogP contribution in [-0.2, 0) is 16.0 Å². The first-order valence-corrected chi connectivity index (χ1v) is 7.99. The third-order valence-electron chi connectivity index (χ3n) is 3.89. The van der Waals surface area contributed by atoms with Gasteiger partial charge in [0.25, 0.3) is 0 Å². The molecule has 0 aromatic heterocycles. The Morgan fingerprint density at radius 1 is 1.25 bits per heavy atom. The highest BCUT2D eigenvalue weighted by Crippen LogP contribution is 2.22. The first-order chi connectivity index (χ1) is 11.5. The van der Waals surface area contributed by atoms with E-state index in [0.29, 0.717) is 17.3 Å². The number of hydrogen-bond acceptors (Lipinski definition) is 2. The zero-order valence-corrected chi connectivity index (χ0v) is 13.6. The smallest absolute Gasteiger partial charge is 0.229 e. The van der Waals surface area contributed by atoms with E-state index in [2.05, 4.69) is 5.32 Å². The van der Waals surface area contributed by atoms with Gasteiger partial charge in [0.1, 0.15) is 5.82 Å². The largest absolute Gasteiger partial charge is 0.351 e.